The van der Waals surface area contributed by atoms with Gasteiger partial charge < -0.3 is 19.8 Å². The van der Waals surface area contributed by atoms with Crippen molar-refractivity contribution in [2.24, 2.45) is 0 Å². The molecule has 0 unspecified atom stereocenters. The summed E-state index contributed by atoms with van der Waals surface area (Å²) in [6.45, 7) is 6.21. The number of carbonyl (C=O) groups excluding carboxylic acids is 4. The molecule has 2 N–H and O–H groups in total. The lowest BCUT2D eigenvalue weighted by Gasteiger charge is -2.13. The van der Waals surface area contributed by atoms with Crippen molar-refractivity contribution in [1.82, 2.24) is 10.3 Å². The van der Waals surface area contributed by atoms with E-state index in [2.05, 4.69) is 10.3 Å². The van der Waals surface area contributed by atoms with Crippen LogP contribution in [0.1, 0.15) is 54.9 Å². The van der Waals surface area contributed by atoms with Gasteiger partial charge in [-0.3, -0.25) is 14.4 Å². The number of aryl methyl sites for hydroxylation is 2. The molecule has 0 saturated carbocycles. The highest BCUT2D eigenvalue weighted by Crippen LogP contribution is 2.20. The quantitative estimate of drug-likeness (QED) is 0.544. The topological polar surface area (TPSA) is 115 Å². The molecule has 0 saturated heterocycles. The maximum atomic E-state index is 12.6. The third kappa shape index (κ3) is 5.10. The number of hydrogen-bond acceptors (Lipinski definition) is 6. The fourth-order valence-electron chi connectivity index (χ4n) is 2.86. The van der Waals surface area contributed by atoms with E-state index in [9.17, 15) is 19.2 Å². The molecule has 1 heterocycles. The number of ketones is 1. The fourth-order valence-corrected chi connectivity index (χ4v) is 2.86. The van der Waals surface area contributed by atoms with E-state index in [1.165, 1.54) is 14.0 Å². The molecule has 2 rings (SSSR count). The summed E-state index contributed by atoms with van der Waals surface area (Å²) < 4.78 is 9.84. The summed E-state index contributed by atoms with van der Waals surface area (Å²) in [6, 6.07) is 6.88. The largest absolute Gasteiger partial charge is 0.465 e. The Bertz CT molecular complexity index is 943. The van der Waals surface area contributed by atoms with Crippen LogP contribution in [0.5, 0.6) is 0 Å². The van der Waals surface area contributed by atoms with Crippen LogP contribution >= 0.6 is 0 Å². The maximum absolute atomic E-state index is 12.6. The molecule has 0 bridgehead atoms. The molecule has 2 aromatic rings. The summed E-state index contributed by atoms with van der Waals surface area (Å²) in [5.74, 6) is -2.21. The molecular formula is C21H24N2O6. The number of esters is 2. The molecule has 0 aliphatic carbocycles. The number of methoxy groups -OCH3 is 1. The molecule has 29 heavy (non-hydrogen) atoms. The second-order valence-electron chi connectivity index (χ2n) is 6.66. The van der Waals surface area contributed by atoms with Gasteiger partial charge >= 0.3 is 11.9 Å². The lowest BCUT2D eigenvalue weighted by Crippen LogP contribution is -2.34. The predicted octanol–water partition coefficient (Wildman–Crippen LogP) is 2.27. The van der Waals surface area contributed by atoms with Gasteiger partial charge in [-0.05, 0) is 45.4 Å². The smallest absolute Gasteiger partial charge is 0.339 e. The molecule has 0 aliphatic rings. The van der Waals surface area contributed by atoms with Crippen molar-refractivity contribution in [3.63, 3.8) is 0 Å². The predicted molar refractivity (Wildman–Crippen MR) is 105 cm³/mol. The lowest BCUT2D eigenvalue weighted by atomic mass is 10.1. The summed E-state index contributed by atoms with van der Waals surface area (Å²) in [6.07, 6.45) is -1.10. The van der Waals surface area contributed by atoms with Crippen molar-refractivity contribution in [3.8, 4) is 0 Å². The van der Waals surface area contributed by atoms with Crippen LogP contribution in [-0.4, -0.2) is 48.4 Å². The highest BCUT2D eigenvalue weighted by atomic mass is 16.5. The number of H-pyrrole nitrogens is 1. The van der Waals surface area contributed by atoms with Crippen LogP contribution in [0.15, 0.2) is 24.3 Å². The average molecular weight is 400 g/mol. The first-order valence-corrected chi connectivity index (χ1v) is 9.01. The molecule has 1 aromatic carbocycles. The second-order valence-corrected chi connectivity index (χ2v) is 6.66. The molecular weight excluding hydrogens is 376 g/mol. The number of Topliss-reactive ketones (excluding diaryl/α,β-unsaturated/α-hetero) is 1. The highest BCUT2D eigenvalue weighted by Gasteiger charge is 2.27. The standard InChI is InChI=1S/C21H24N2O6/c1-11-6-8-15(9-7-11)20(26)22-10-16(24)29-14(4)19(25)18-12(2)17(13(3)23-18)21(27)28-5/h6-9,14,23H,10H2,1-5H3,(H,22,26)/t14-/m1/s1. The van der Waals surface area contributed by atoms with E-state index in [0.717, 1.165) is 5.56 Å². The SMILES string of the molecule is COC(=O)c1c(C)[nH]c(C(=O)[C@@H](C)OC(=O)CNC(=O)c2ccc(C)cc2)c1C. The van der Waals surface area contributed by atoms with E-state index in [4.69, 9.17) is 9.47 Å². The monoisotopic (exact) mass is 400 g/mol. The highest BCUT2D eigenvalue weighted by molar-refractivity contribution is 6.04. The normalized spacial score (nSPS) is 11.5. The van der Waals surface area contributed by atoms with Gasteiger partial charge in [0.05, 0.1) is 18.4 Å². The number of benzene rings is 1. The summed E-state index contributed by atoms with van der Waals surface area (Å²) in [5, 5.41) is 2.46. The van der Waals surface area contributed by atoms with E-state index in [-0.39, 0.29) is 17.8 Å². The number of ether oxygens (including phenoxy) is 2. The van der Waals surface area contributed by atoms with Crippen LogP contribution < -0.4 is 5.32 Å². The van der Waals surface area contributed by atoms with E-state index >= 15 is 0 Å². The fraction of sp³-hybridized carbons (Fsp3) is 0.333. The van der Waals surface area contributed by atoms with Crippen molar-refractivity contribution in [2.45, 2.75) is 33.8 Å². The van der Waals surface area contributed by atoms with Gasteiger partial charge in [0.25, 0.3) is 5.91 Å². The first-order chi connectivity index (χ1) is 13.6. The van der Waals surface area contributed by atoms with Crippen LogP contribution in [-0.2, 0) is 14.3 Å². The number of amides is 1. The lowest BCUT2D eigenvalue weighted by molar-refractivity contribution is -0.145. The van der Waals surface area contributed by atoms with Crippen LogP contribution in [0.2, 0.25) is 0 Å². The second kappa shape index (κ2) is 9.18. The van der Waals surface area contributed by atoms with Crippen LogP contribution in [0.4, 0.5) is 0 Å². The van der Waals surface area contributed by atoms with Crippen molar-refractivity contribution in [1.29, 1.82) is 0 Å². The van der Waals surface area contributed by atoms with E-state index in [1.54, 1.807) is 38.1 Å². The molecule has 0 fully saturated rings. The number of carbonyl (C=O) groups is 4. The Morgan fingerprint density at radius 2 is 1.69 bits per heavy atom. The maximum Gasteiger partial charge on any atom is 0.339 e. The van der Waals surface area contributed by atoms with E-state index in [1.807, 2.05) is 6.92 Å². The van der Waals surface area contributed by atoms with Gasteiger partial charge in [0.2, 0.25) is 5.78 Å². The van der Waals surface area contributed by atoms with Gasteiger partial charge in [-0.15, -0.1) is 0 Å². The minimum absolute atomic E-state index is 0.173. The summed E-state index contributed by atoms with van der Waals surface area (Å²) >= 11 is 0. The van der Waals surface area contributed by atoms with Gasteiger partial charge in [0.1, 0.15) is 6.54 Å². The number of aromatic nitrogens is 1. The molecule has 1 aromatic heterocycles. The first kappa shape index (κ1) is 21.9. The molecule has 1 amide bonds. The van der Waals surface area contributed by atoms with Gasteiger partial charge in [-0.2, -0.15) is 0 Å². The van der Waals surface area contributed by atoms with Gasteiger partial charge in [-0.1, -0.05) is 17.7 Å². The number of aromatic amines is 1. The Morgan fingerprint density at radius 1 is 1.07 bits per heavy atom. The number of rotatable bonds is 7. The zero-order valence-corrected chi connectivity index (χ0v) is 17.0. The molecule has 8 nitrogen and oxygen atoms in total. The van der Waals surface area contributed by atoms with Crippen LogP contribution in [0.25, 0.3) is 0 Å². The Balaban J connectivity index is 1.97. The number of nitrogens with one attached hydrogen (secondary N) is 2. The summed E-state index contributed by atoms with van der Waals surface area (Å²) in [4.78, 5) is 51.4. The van der Waals surface area contributed by atoms with Gasteiger partial charge in [0, 0.05) is 11.3 Å². The van der Waals surface area contributed by atoms with Crippen molar-refractivity contribution < 1.29 is 28.7 Å². The Hall–Kier alpha value is -3.42. The van der Waals surface area contributed by atoms with E-state index in [0.29, 0.717) is 16.8 Å². The van der Waals surface area contributed by atoms with Crippen LogP contribution in [0.3, 0.4) is 0 Å². The molecule has 154 valence electrons. The zero-order chi connectivity index (χ0) is 21.7. The minimum Gasteiger partial charge on any atom is -0.465 e. The zero-order valence-electron chi connectivity index (χ0n) is 17.0. The van der Waals surface area contributed by atoms with Crippen molar-refractivity contribution >= 4 is 23.6 Å². The Morgan fingerprint density at radius 3 is 2.28 bits per heavy atom. The summed E-state index contributed by atoms with van der Waals surface area (Å²) in [7, 11) is 1.25. The van der Waals surface area contributed by atoms with Gasteiger partial charge in [-0.25, -0.2) is 4.79 Å². The Kier molecular flexibility index (Phi) is 6.93. The van der Waals surface area contributed by atoms with Crippen molar-refractivity contribution in [3.05, 3.63) is 57.9 Å². The van der Waals surface area contributed by atoms with E-state index < -0.39 is 29.7 Å². The van der Waals surface area contributed by atoms with Crippen LogP contribution in [0, 0.1) is 20.8 Å². The molecule has 0 aliphatic heterocycles. The molecule has 1 atom stereocenters. The number of hydrogen-bond donors (Lipinski definition) is 2. The van der Waals surface area contributed by atoms with Gasteiger partial charge in [0.15, 0.2) is 6.10 Å². The summed E-state index contributed by atoms with van der Waals surface area (Å²) in [5.41, 5.74) is 2.79. The Labute approximate surface area is 168 Å². The average Bonchev–Trinajstić information content (AvgIpc) is 2.99. The third-order valence-electron chi connectivity index (χ3n) is 4.46. The molecule has 8 heteroatoms. The first-order valence-electron chi connectivity index (χ1n) is 9.01. The third-order valence-corrected chi connectivity index (χ3v) is 4.46. The minimum atomic E-state index is -1.10. The van der Waals surface area contributed by atoms with Crippen molar-refractivity contribution in [2.75, 3.05) is 13.7 Å². The molecule has 0 spiro atoms. The molecule has 0 radical (unpaired) electrons.